The fourth-order valence-corrected chi connectivity index (χ4v) is 3.99. The van der Waals surface area contributed by atoms with E-state index < -0.39 is 8.32 Å². The zero-order chi connectivity index (χ0) is 15.0. The van der Waals surface area contributed by atoms with Crippen LogP contribution in [0, 0.1) is 0 Å². The molecule has 0 N–H and O–H groups in total. The Kier molecular flexibility index (Phi) is 3.95. The molecule has 2 aromatic carbocycles. The summed E-state index contributed by atoms with van der Waals surface area (Å²) in [6.45, 7) is 6.64. The van der Waals surface area contributed by atoms with Gasteiger partial charge >= 0.3 is 0 Å². The summed E-state index contributed by atoms with van der Waals surface area (Å²) in [5.41, 5.74) is 2.30. The first-order valence-corrected chi connectivity index (χ1v) is 11.3. The van der Waals surface area contributed by atoms with Crippen molar-refractivity contribution in [1.82, 2.24) is 0 Å². The van der Waals surface area contributed by atoms with Gasteiger partial charge < -0.3 is 9.16 Å². The summed E-state index contributed by atoms with van der Waals surface area (Å²) < 4.78 is 13.7. The first kappa shape index (κ1) is 14.8. The van der Waals surface area contributed by atoms with Crippen molar-refractivity contribution < 1.29 is 9.16 Å². The van der Waals surface area contributed by atoms with Crippen molar-refractivity contribution >= 4 is 24.2 Å². The molecule has 2 atom stereocenters. The van der Waals surface area contributed by atoms with E-state index in [0.717, 1.165) is 21.3 Å². The molecule has 0 saturated heterocycles. The number of benzene rings is 2. The fraction of sp³-hybridized carbons (Fsp3) is 0.294. The molecular formula is C17H19BrO2Si. The molecule has 3 rings (SSSR count). The number of halogens is 1. The summed E-state index contributed by atoms with van der Waals surface area (Å²) in [5, 5.41) is 0. The summed E-state index contributed by atoms with van der Waals surface area (Å²) in [4.78, 5) is 0. The number of fused-ring (bicyclic) bond motifs is 1. The second-order valence-corrected chi connectivity index (χ2v) is 11.7. The lowest BCUT2D eigenvalue weighted by Crippen LogP contribution is -2.30. The quantitative estimate of drug-likeness (QED) is 0.673. The van der Waals surface area contributed by atoms with E-state index in [2.05, 4.69) is 53.8 Å². The van der Waals surface area contributed by atoms with Crippen LogP contribution in [0.25, 0.3) is 0 Å². The molecular weight excluding hydrogens is 344 g/mol. The molecule has 2 nitrogen and oxygen atoms in total. The summed E-state index contributed by atoms with van der Waals surface area (Å²) in [7, 11) is -1.68. The van der Waals surface area contributed by atoms with Gasteiger partial charge in [0, 0.05) is 10.0 Å². The number of hydrogen-bond acceptors (Lipinski definition) is 2. The van der Waals surface area contributed by atoms with E-state index in [1.807, 2.05) is 30.3 Å². The Morgan fingerprint density at radius 1 is 1.05 bits per heavy atom. The average Bonchev–Trinajstić information content (AvgIpc) is 2.76. The second-order valence-electron chi connectivity index (χ2n) is 6.28. The van der Waals surface area contributed by atoms with E-state index in [9.17, 15) is 0 Å². The van der Waals surface area contributed by atoms with E-state index in [4.69, 9.17) is 9.16 Å². The zero-order valence-corrected chi connectivity index (χ0v) is 15.1. The van der Waals surface area contributed by atoms with Crippen molar-refractivity contribution in [1.29, 1.82) is 0 Å². The predicted molar refractivity (Wildman–Crippen MR) is 91.1 cm³/mol. The van der Waals surface area contributed by atoms with Crippen LogP contribution in [-0.2, 0) is 4.43 Å². The minimum atomic E-state index is -1.68. The van der Waals surface area contributed by atoms with Crippen LogP contribution in [-0.4, -0.2) is 8.32 Å². The lowest BCUT2D eigenvalue weighted by Gasteiger charge is -2.27. The van der Waals surface area contributed by atoms with Gasteiger partial charge in [0.1, 0.15) is 11.9 Å². The van der Waals surface area contributed by atoms with Gasteiger partial charge in [-0.15, -0.1) is 0 Å². The Hall–Kier alpha value is -1.10. The van der Waals surface area contributed by atoms with E-state index in [-0.39, 0.29) is 12.2 Å². The topological polar surface area (TPSA) is 18.5 Å². The van der Waals surface area contributed by atoms with Gasteiger partial charge in [-0.05, 0) is 43.4 Å². The van der Waals surface area contributed by atoms with Crippen LogP contribution in [0.4, 0.5) is 0 Å². The second kappa shape index (κ2) is 5.59. The standard InChI is InChI=1S/C17H19BrO2Si/c1-21(2,3)20-17-14-11-13(18)9-10-15(14)19-16(17)12-7-5-4-6-8-12/h4-11,16-17H,1-3H3/t16-,17-/m1/s1. The Balaban J connectivity index is 2.02. The largest absolute Gasteiger partial charge is 0.482 e. The van der Waals surface area contributed by atoms with Crippen molar-refractivity contribution in [2.75, 3.05) is 0 Å². The number of rotatable bonds is 3. The molecule has 0 unspecified atom stereocenters. The monoisotopic (exact) mass is 362 g/mol. The Bertz CT molecular complexity index is 637. The molecule has 1 aliphatic heterocycles. The highest BCUT2D eigenvalue weighted by molar-refractivity contribution is 9.10. The van der Waals surface area contributed by atoms with Crippen LogP contribution in [0.2, 0.25) is 19.6 Å². The highest BCUT2D eigenvalue weighted by Crippen LogP contribution is 2.48. The summed E-state index contributed by atoms with van der Waals surface area (Å²) >= 11 is 3.55. The van der Waals surface area contributed by atoms with Crippen molar-refractivity contribution in [3.63, 3.8) is 0 Å². The SMILES string of the molecule is C[Si](C)(C)O[C@@H]1c2cc(Br)ccc2O[C@@H]1c1ccccc1. The average molecular weight is 363 g/mol. The van der Waals surface area contributed by atoms with Gasteiger partial charge in [-0.1, -0.05) is 46.3 Å². The molecule has 2 aromatic rings. The Labute approximate surface area is 135 Å². The first-order chi connectivity index (χ1) is 9.94. The molecule has 0 aromatic heterocycles. The van der Waals surface area contributed by atoms with Crippen LogP contribution in [0.15, 0.2) is 53.0 Å². The molecule has 0 aliphatic carbocycles. The minimum absolute atomic E-state index is 0.0356. The molecule has 0 amide bonds. The highest BCUT2D eigenvalue weighted by atomic mass is 79.9. The van der Waals surface area contributed by atoms with Gasteiger partial charge in [-0.2, -0.15) is 0 Å². The van der Waals surface area contributed by atoms with Gasteiger partial charge in [0.25, 0.3) is 0 Å². The third-order valence-electron chi connectivity index (χ3n) is 3.42. The third kappa shape index (κ3) is 3.23. The van der Waals surface area contributed by atoms with Crippen molar-refractivity contribution in [3.8, 4) is 5.75 Å². The lowest BCUT2D eigenvalue weighted by molar-refractivity contribution is 0.0809. The van der Waals surface area contributed by atoms with Gasteiger partial charge in [-0.3, -0.25) is 0 Å². The van der Waals surface area contributed by atoms with E-state index in [1.54, 1.807) is 0 Å². The maximum atomic E-state index is 6.44. The molecule has 1 heterocycles. The van der Waals surface area contributed by atoms with Crippen LogP contribution in [0.1, 0.15) is 23.3 Å². The maximum absolute atomic E-state index is 6.44. The van der Waals surface area contributed by atoms with Crippen LogP contribution in [0.3, 0.4) is 0 Å². The van der Waals surface area contributed by atoms with Crippen molar-refractivity contribution in [2.45, 2.75) is 31.8 Å². The van der Waals surface area contributed by atoms with Crippen LogP contribution < -0.4 is 4.74 Å². The molecule has 0 fully saturated rings. The summed E-state index contributed by atoms with van der Waals surface area (Å²) in [5.74, 6) is 0.926. The van der Waals surface area contributed by atoms with E-state index >= 15 is 0 Å². The molecule has 4 heteroatoms. The number of hydrogen-bond donors (Lipinski definition) is 0. The van der Waals surface area contributed by atoms with E-state index in [1.165, 1.54) is 0 Å². The predicted octanol–water partition coefficient (Wildman–Crippen LogP) is 5.48. The lowest BCUT2D eigenvalue weighted by atomic mass is 10.0. The molecule has 110 valence electrons. The Morgan fingerprint density at radius 2 is 1.76 bits per heavy atom. The van der Waals surface area contributed by atoms with Gasteiger partial charge in [0.05, 0.1) is 0 Å². The van der Waals surface area contributed by atoms with Crippen molar-refractivity contribution in [2.24, 2.45) is 0 Å². The highest BCUT2D eigenvalue weighted by Gasteiger charge is 2.39. The van der Waals surface area contributed by atoms with Crippen LogP contribution in [0.5, 0.6) is 5.75 Å². The zero-order valence-electron chi connectivity index (χ0n) is 12.5. The van der Waals surface area contributed by atoms with Gasteiger partial charge in [0.2, 0.25) is 0 Å². The molecule has 0 saturated carbocycles. The molecule has 1 aliphatic rings. The first-order valence-electron chi connectivity index (χ1n) is 7.13. The maximum Gasteiger partial charge on any atom is 0.184 e. The third-order valence-corrected chi connectivity index (χ3v) is 4.87. The van der Waals surface area contributed by atoms with E-state index in [0.29, 0.717) is 0 Å². The smallest absolute Gasteiger partial charge is 0.184 e. The van der Waals surface area contributed by atoms with Crippen LogP contribution >= 0.6 is 15.9 Å². The molecule has 0 bridgehead atoms. The van der Waals surface area contributed by atoms with Gasteiger partial charge in [-0.25, -0.2) is 0 Å². The van der Waals surface area contributed by atoms with Gasteiger partial charge in [0.15, 0.2) is 14.4 Å². The summed E-state index contributed by atoms with van der Waals surface area (Å²) in [6, 6.07) is 16.5. The normalized spacial score (nSPS) is 21.0. The fourth-order valence-electron chi connectivity index (χ4n) is 2.60. The van der Waals surface area contributed by atoms with Crippen molar-refractivity contribution in [3.05, 3.63) is 64.1 Å². The summed E-state index contributed by atoms with van der Waals surface area (Å²) in [6.07, 6.45) is -0.103. The number of ether oxygens (including phenoxy) is 1. The molecule has 21 heavy (non-hydrogen) atoms. The Morgan fingerprint density at radius 3 is 2.43 bits per heavy atom. The molecule has 0 spiro atoms. The minimum Gasteiger partial charge on any atom is -0.482 e. The molecule has 0 radical (unpaired) electrons.